The SMILES string of the molecule is CC(C)C[C@@]1(O)CCc2ccccc2C1=O. The van der Waals surface area contributed by atoms with Gasteiger partial charge in [0.15, 0.2) is 5.78 Å². The van der Waals surface area contributed by atoms with Crippen molar-refractivity contribution in [3.8, 4) is 0 Å². The zero-order chi connectivity index (χ0) is 11.8. The highest BCUT2D eigenvalue weighted by molar-refractivity contribution is 6.04. The third-order valence-corrected chi connectivity index (χ3v) is 3.24. The zero-order valence-corrected chi connectivity index (χ0v) is 9.86. The highest BCUT2D eigenvalue weighted by Crippen LogP contribution is 2.32. The van der Waals surface area contributed by atoms with Crippen LogP contribution in [0.15, 0.2) is 24.3 Å². The van der Waals surface area contributed by atoms with Crippen LogP contribution < -0.4 is 0 Å². The van der Waals surface area contributed by atoms with Crippen LogP contribution in [0.3, 0.4) is 0 Å². The van der Waals surface area contributed by atoms with E-state index in [1.54, 1.807) is 0 Å². The topological polar surface area (TPSA) is 37.3 Å². The van der Waals surface area contributed by atoms with Gasteiger partial charge in [-0.3, -0.25) is 4.79 Å². The molecule has 0 bridgehead atoms. The van der Waals surface area contributed by atoms with Crippen molar-refractivity contribution in [3.05, 3.63) is 35.4 Å². The molecule has 0 unspecified atom stereocenters. The molecule has 0 amide bonds. The molecule has 1 aromatic carbocycles. The number of benzene rings is 1. The summed E-state index contributed by atoms with van der Waals surface area (Å²) >= 11 is 0. The number of hydrogen-bond acceptors (Lipinski definition) is 2. The van der Waals surface area contributed by atoms with Gasteiger partial charge in [-0.05, 0) is 30.7 Å². The van der Waals surface area contributed by atoms with Crippen LogP contribution in [0, 0.1) is 5.92 Å². The van der Waals surface area contributed by atoms with Gasteiger partial charge in [0.05, 0.1) is 0 Å². The minimum Gasteiger partial charge on any atom is -0.382 e. The second-order valence-corrected chi connectivity index (χ2v) is 5.12. The Labute approximate surface area is 96.3 Å². The molecule has 0 aromatic heterocycles. The number of aliphatic hydroxyl groups is 1. The summed E-state index contributed by atoms with van der Waals surface area (Å²) in [6.07, 6.45) is 1.91. The monoisotopic (exact) mass is 218 g/mol. The zero-order valence-electron chi connectivity index (χ0n) is 9.86. The molecular weight excluding hydrogens is 200 g/mol. The van der Waals surface area contributed by atoms with Crippen LogP contribution in [-0.2, 0) is 6.42 Å². The smallest absolute Gasteiger partial charge is 0.194 e. The van der Waals surface area contributed by atoms with Crippen LogP contribution in [0.25, 0.3) is 0 Å². The summed E-state index contributed by atoms with van der Waals surface area (Å²) < 4.78 is 0. The predicted octanol–water partition coefficient (Wildman–Crippen LogP) is 2.59. The van der Waals surface area contributed by atoms with Gasteiger partial charge in [0.2, 0.25) is 0 Å². The Morgan fingerprint density at radius 3 is 2.75 bits per heavy atom. The van der Waals surface area contributed by atoms with E-state index in [1.807, 2.05) is 38.1 Å². The average molecular weight is 218 g/mol. The molecule has 1 aliphatic carbocycles. The van der Waals surface area contributed by atoms with Crippen molar-refractivity contribution in [1.82, 2.24) is 0 Å². The normalized spacial score (nSPS) is 24.6. The number of carbonyl (C=O) groups excluding carboxylic acids is 1. The number of hydrogen-bond donors (Lipinski definition) is 1. The summed E-state index contributed by atoms with van der Waals surface area (Å²) in [6, 6.07) is 7.60. The first kappa shape index (κ1) is 11.3. The fraction of sp³-hybridized carbons (Fsp3) is 0.500. The van der Waals surface area contributed by atoms with Crippen molar-refractivity contribution in [2.24, 2.45) is 5.92 Å². The average Bonchev–Trinajstić information content (AvgIpc) is 2.24. The molecule has 0 saturated heterocycles. The summed E-state index contributed by atoms with van der Waals surface area (Å²) in [5, 5.41) is 10.4. The molecule has 0 spiro atoms. The Kier molecular flexibility index (Phi) is 2.85. The number of rotatable bonds is 2. The van der Waals surface area contributed by atoms with Crippen LogP contribution in [0.4, 0.5) is 0 Å². The lowest BCUT2D eigenvalue weighted by atomic mass is 9.75. The lowest BCUT2D eigenvalue weighted by molar-refractivity contribution is 0.0131. The van der Waals surface area contributed by atoms with Crippen molar-refractivity contribution in [2.75, 3.05) is 0 Å². The van der Waals surface area contributed by atoms with Gasteiger partial charge >= 0.3 is 0 Å². The summed E-state index contributed by atoms with van der Waals surface area (Å²) in [7, 11) is 0. The van der Waals surface area contributed by atoms with Crippen LogP contribution in [0.5, 0.6) is 0 Å². The fourth-order valence-corrected chi connectivity index (χ4v) is 2.54. The van der Waals surface area contributed by atoms with Gasteiger partial charge in [0, 0.05) is 5.56 Å². The Bertz CT molecular complexity index is 409. The molecule has 16 heavy (non-hydrogen) atoms. The Balaban J connectivity index is 2.34. The van der Waals surface area contributed by atoms with Crippen LogP contribution in [0.1, 0.15) is 42.6 Å². The first-order valence-electron chi connectivity index (χ1n) is 5.88. The second-order valence-electron chi connectivity index (χ2n) is 5.12. The van der Waals surface area contributed by atoms with Gasteiger partial charge < -0.3 is 5.11 Å². The molecule has 2 heteroatoms. The summed E-state index contributed by atoms with van der Waals surface area (Å²) in [4.78, 5) is 12.2. The van der Waals surface area contributed by atoms with E-state index in [2.05, 4.69) is 0 Å². The Morgan fingerprint density at radius 1 is 1.38 bits per heavy atom. The quantitative estimate of drug-likeness (QED) is 0.828. The first-order chi connectivity index (χ1) is 7.53. The number of fused-ring (bicyclic) bond motifs is 1. The van der Waals surface area contributed by atoms with Crippen molar-refractivity contribution >= 4 is 5.78 Å². The Morgan fingerprint density at radius 2 is 2.06 bits per heavy atom. The van der Waals surface area contributed by atoms with Gasteiger partial charge in [-0.15, -0.1) is 0 Å². The van der Waals surface area contributed by atoms with E-state index in [-0.39, 0.29) is 5.78 Å². The maximum atomic E-state index is 12.2. The van der Waals surface area contributed by atoms with Gasteiger partial charge in [-0.25, -0.2) is 0 Å². The van der Waals surface area contributed by atoms with E-state index < -0.39 is 5.60 Å². The third-order valence-electron chi connectivity index (χ3n) is 3.24. The number of aryl methyl sites for hydroxylation is 1. The highest BCUT2D eigenvalue weighted by Gasteiger charge is 2.40. The van der Waals surface area contributed by atoms with Gasteiger partial charge in [0.25, 0.3) is 0 Å². The molecule has 0 heterocycles. The first-order valence-corrected chi connectivity index (χ1v) is 5.88. The minimum atomic E-state index is -1.14. The largest absolute Gasteiger partial charge is 0.382 e. The summed E-state index contributed by atoms with van der Waals surface area (Å²) in [5.74, 6) is 0.238. The van der Waals surface area contributed by atoms with Crippen molar-refractivity contribution in [3.63, 3.8) is 0 Å². The third kappa shape index (κ3) is 1.90. The second kappa shape index (κ2) is 4.02. The molecule has 0 fully saturated rings. The van der Waals surface area contributed by atoms with Crippen molar-refractivity contribution < 1.29 is 9.90 Å². The highest BCUT2D eigenvalue weighted by atomic mass is 16.3. The Hall–Kier alpha value is -1.15. The summed E-state index contributed by atoms with van der Waals surface area (Å²) in [5.41, 5.74) is 0.639. The van der Waals surface area contributed by atoms with Crippen molar-refractivity contribution in [2.45, 2.75) is 38.7 Å². The molecule has 1 atom stereocenters. The maximum absolute atomic E-state index is 12.2. The molecule has 86 valence electrons. The van der Waals surface area contributed by atoms with E-state index >= 15 is 0 Å². The standard InChI is InChI=1S/C14H18O2/c1-10(2)9-14(16)8-7-11-5-3-4-6-12(11)13(14)15/h3-6,10,16H,7-9H2,1-2H3/t14-/m0/s1. The number of ketones is 1. The molecule has 0 saturated carbocycles. The lowest BCUT2D eigenvalue weighted by Gasteiger charge is -2.33. The van der Waals surface area contributed by atoms with E-state index in [0.29, 0.717) is 24.3 Å². The number of Topliss-reactive ketones (excluding diaryl/α,β-unsaturated/α-hetero) is 1. The molecule has 1 aliphatic rings. The molecule has 2 nitrogen and oxygen atoms in total. The maximum Gasteiger partial charge on any atom is 0.194 e. The lowest BCUT2D eigenvalue weighted by Crippen LogP contribution is -2.43. The van der Waals surface area contributed by atoms with Crippen molar-refractivity contribution in [1.29, 1.82) is 0 Å². The predicted molar refractivity (Wildman–Crippen MR) is 63.5 cm³/mol. The van der Waals surface area contributed by atoms with E-state index in [1.165, 1.54) is 0 Å². The molecular formula is C14H18O2. The molecule has 1 aromatic rings. The fourth-order valence-electron chi connectivity index (χ4n) is 2.54. The molecule has 0 radical (unpaired) electrons. The molecule has 1 N–H and O–H groups in total. The van der Waals surface area contributed by atoms with E-state index in [4.69, 9.17) is 0 Å². The van der Waals surface area contributed by atoms with E-state index in [0.717, 1.165) is 12.0 Å². The number of carbonyl (C=O) groups is 1. The molecule has 2 rings (SSSR count). The minimum absolute atomic E-state index is 0.0944. The van der Waals surface area contributed by atoms with Crippen LogP contribution in [-0.4, -0.2) is 16.5 Å². The van der Waals surface area contributed by atoms with Crippen LogP contribution in [0.2, 0.25) is 0 Å². The summed E-state index contributed by atoms with van der Waals surface area (Å²) in [6.45, 7) is 4.07. The molecule has 0 aliphatic heterocycles. The van der Waals surface area contributed by atoms with Gasteiger partial charge in [-0.1, -0.05) is 38.1 Å². The van der Waals surface area contributed by atoms with Crippen LogP contribution >= 0.6 is 0 Å². The van der Waals surface area contributed by atoms with E-state index in [9.17, 15) is 9.90 Å². The van der Waals surface area contributed by atoms with Gasteiger partial charge in [0.1, 0.15) is 5.60 Å². The van der Waals surface area contributed by atoms with Gasteiger partial charge in [-0.2, -0.15) is 0 Å².